The Hall–Kier alpha value is -1.86. The highest BCUT2D eigenvalue weighted by Crippen LogP contribution is 2.38. The van der Waals surface area contributed by atoms with Gasteiger partial charge in [0.05, 0.1) is 15.8 Å². The van der Waals surface area contributed by atoms with Crippen LogP contribution in [-0.4, -0.2) is 38.4 Å². The number of aliphatic imine (C=N–C) groups is 1. The number of aromatic nitrogens is 1. The van der Waals surface area contributed by atoms with E-state index in [2.05, 4.69) is 54.3 Å². The second-order valence-electron chi connectivity index (χ2n) is 6.66. The van der Waals surface area contributed by atoms with E-state index in [4.69, 9.17) is 5.11 Å². The highest BCUT2D eigenvalue weighted by atomic mass is 32.2. The van der Waals surface area contributed by atoms with E-state index in [-0.39, 0.29) is 5.54 Å². The summed E-state index contributed by atoms with van der Waals surface area (Å²) < 4.78 is 1.09. The Kier molecular flexibility index (Phi) is 3.47. The summed E-state index contributed by atoms with van der Waals surface area (Å²) in [6.07, 6.45) is 2.23. The van der Waals surface area contributed by atoms with Crippen molar-refractivity contribution in [2.45, 2.75) is 32.4 Å². The van der Waals surface area contributed by atoms with Gasteiger partial charge in [-0.1, -0.05) is 6.08 Å². The van der Waals surface area contributed by atoms with Gasteiger partial charge in [0, 0.05) is 17.0 Å². The molecule has 0 saturated heterocycles. The van der Waals surface area contributed by atoms with Crippen molar-refractivity contribution < 1.29 is 9.90 Å². The number of thiazole rings is 1. The fraction of sp³-hybridized carbons (Fsp3) is 0.353. The number of thioether (sulfide) groups is 1. The quantitative estimate of drug-likeness (QED) is 0.852. The zero-order valence-corrected chi connectivity index (χ0v) is 15.2. The van der Waals surface area contributed by atoms with E-state index < -0.39 is 12.0 Å². The highest BCUT2D eigenvalue weighted by Gasteiger charge is 2.28. The van der Waals surface area contributed by atoms with Crippen LogP contribution in [0.5, 0.6) is 0 Å². The van der Waals surface area contributed by atoms with Crippen molar-refractivity contribution >= 4 is 55.6 Å². The third-order valence-corrected chi connectivity index (χ3v) is 6.31. The number of fused-ring (bicyclic) bond motifs is 2. The van der Waals surface area contributed by atoms with Crippen molar-refractivity contribution in [2.75, 3.05) is 11.1 Å². The molecule has 0 fully saturated rings. The Bertz CT molecular complexity index is 927. The minimum absolute atomic E-state index is 0.0711. The van der Waals surface area contributed by atoms with E-state index in [1.165, 1.54) is 22.9 Å². The van der Waals surface area contributed by atoms with Crippen LogP contribution >= 0.6 is 23.1 Å². The molecule has 1 aromatic carbocycles. The Labute approximate surface area is 147 Å². The Morgan fingerprint density at radius 2 is 2.21 bits per heavy atom. The smallest absolute Gasteiger partial charge is 0.329 e. The molecular formula is C17H17N3O2S2. The zero-order valence-electron chi connectivity index (χ0n) is 13.6. The molecule has 3 heterocycles. The van der Waals surface area contributed by atoms with Gasteiger partial charge in [-0.2, -0.15) is 0 Å². The lowest BCUT2D eigenvalue weighted by Gasteiger charge is -2.31. The van der Waals surface area contributed by atoms with Gasteiger partial charge >= 0.3 is 5.97 Å². The van der Waals surface area contributed by atoms with Gasteiger partial charge in [-0.05, 0) is 38.5 Å². The minimum atomic E-state index is -0.874. The van der Waals surface area contributed by atoms with Gasteiger partial charge in [0.2, 0.25) is 0 Å². The number of hydrogen-bond acceptors (Lipinski definition) is 6. The van der Waals surface area contributed by atoms with Crippen LogP contribution in [0.1, 0.15) is 31.3 Å². The summed E-state index contributed by atoms with van der Waals surface area (Å²) >= 11 is 3.04. The number of nitrogens with zero attached hydrogens (tertiary/aromatic N) is 2. The summed E-state index contributed by atoms with van der Waals surface area (Å²) in [5, 5.41) is 14.2. The molecule has 0 unspecified atom stereocenters. The van der Waals surface area contributed by atoms with Crippen molar-refractivity contribution in [1.29, 1.82) is 0 Å². The third-order valence-electron chi connectivity index (χ3n) is 4.11. The Morgan fingerprint density at radius 1 is 1.42 bits per heavy atom. The van der Waals surface area contributed by atoms with E-state index in [0.717, 1.165) is 26.0 Å². The molecular weight excluding hydrogens is 342 g/mol. The van der Waals surface area contributed by atoms with Gasteiger partial charge in [0.25, 0.3) is 0 Å². The maximum absolute atomic E-state index is 11.1. The summed E-state index contributed by atoms with van der Waals surface area (Å²) in [5.41, 5.74) is 4.39. The van der Waals surface area contributed by atoms with E-state index in [1.54, 1.807) is 11.3 Å². The van der Waals surface area contributed by atoms with Crippen molar-refractivity contribution in [3.8, 4) is 0 Å². The van der Waals surface area contributed by atoms with Crippen LogP contribution in [0.3, 0.4) is 0 Å². The summed E-state index contributed by atoms with van der Waals surface area (Å²) in [5.74, 6) is -0.393. The molecule has 2 N–H and O–H groups in total. The third kappa shape index (κ3) is 2.61. The molecule has 124 valence electrons. The van der Waals surface area contributed by atoms with Crippen LogP contribution in [-0.2, 0) is 4.79 Å². The molecule has 7 heteroatoms. The predicted molar refractivity (Wildman–Crippen MR) is 101 cm³/mol. The summed E-state index contributed by atoms with van der Waals surface area (Å²) in [6, 6.07) is 3.59. The molecule has 2 aliphatic heterocycles. The first kappa shape index (κ1) is 15.7. The molecule has 5 nitrogen and oxygen atoms in total. The summed E-state index contributed by atoms with van der Waals surface area (Å²) in [6.45, 7) is 6.42. The highest BCUT2D eigenvalue weighted by molar-refractivity contribution is 8.15. The molecule has 0 radical (unpaired) electrons. The number of carboxylic acids is 1. The maximum Gasteiger partial charge on any atom is 0.329 e. The molecule has 2 aliphatic rings. The van der Waals surface area contributed by atoms with Crippen LogP contribution in [0, 0.1) is 0 Å². The van der Waals surface area contributed by atoms with E-state index in [1.807, 2.05) is 0 Å². The van der Waals surface area contributed by atoms with Crippen molar-refractivity contribution in [1.82, 2.24) is 4.98 Å². The van der Waals surface area contributed by atoms with Gasteiger partial charge in [-0.25, -0.2) is 9.78 Å². The molecule has 2 aromatic rings. The second-order valence-corrected chi connectivity index (χ2v) is 8.70. The van der Waals surface area contributed by atoms with E-state index >= 15 is 0 Å². The molecule has 0 aliphatic carbocycles. The number of carboxylic acid groups (broad SMARTS) is 1. The topological polar surface area (TPSA) is 74.6 Å². The first-order valence-corrected chi connectivity index (χ1v) is 9.49. The minimum Gasteiger partial charge on any atom is -0.480 e. The monoisotopic (exact) mass is 359 g/mol. The molecule has 1 atom stereocenters. The van der Waals surface area contributed by atoms with Crippen LogP contribution in [0.25, 0.3) is 15.8 Å². The van der Waals surface area contributed by atoms with E-state index in [0.29, 0.717) is 5.75 Å². The Balaban J connectivity index is 1.77. The first-order chi connectivity index (χ1) is 11.3. The average Bonchev–Trinajstić information content (AvgIpc) is 3.10. The van der Waals surface area contributed by atoms with Crippen molar-refractivity contribution in [2.24, 2.45) is 4.99 Å². The number of hydrogen-bond donors (Lipinski definition) is 2. The molecule has 1 aromatic heterocycles. The molecule has 0 amide bonds. The number of nitrogens with one attached hydrogen (secondary N) is 1. The van der Waals surface area contributed by atoms with Gasteiger partial charge in [0.1, 0.15) is 10.1 Å². The standard InChI is InChI=1S/C17H17N3O2S2/c1-8-6-17(2,3)20-10-5-13-11(4-9(8)10)18-15(24-13)14-19-12(7-23-14)16(21)22/h4-6,12,20H,7H2,1-3H3,(H,21,22)/t12-/m1/s1. The molecule has 4 rings (SSSR count). The fourth-order valence-corrected chi connectivity index (χ4v) is 5.20. The van der Waals surface area contributed by atoms with Crippen LogP contribution in [0.2, 0.25) is 0 Å². The largest absolute Gasteiger partial charge is 0.480 e. The van der Waals surface area contributed by atoms with Gasteiger partial charge < -0.3 is 10.4 Å². The van der Waals surface area contributed by atoms with Crippen molar-refractivity contribution in [3.05, 3.63) is 28.8 Å². The number of rotatable bonds is 2. The lowest BCUT2D eigenvalue weighted by Crippen LogP contribution is -2.31. The number of benzene rings is 1. The summed E-state index contributed by atoms with van der Waals surface area (Å²) in [4.78, 5) is 20.0. The molecule has 0 bridgehead atoms. The van der Waals surface area contributed by atoms with Gasteiger partial charge in [0.15, 0.2) is 6.04 Å². The molecule has 0 saturated carbocycles. The Morgan fingerprint density at radius 3 is 2.92 bits per heavy atom. The normalized spacial score (nSPS) is 21.9. The average molecular weight is 359 g/mol. The first-order valence-electron chi connectivity index (χ1n) is 7.69. The van der Waals surface area contributed by atoms with Crippen LogP contribution < -0.4 is 5.32 Å². The fourth-order valence-electron chi connectivity index (χ4n) is 3.11. The lowest BCUT2D eigenvalue weighted by molar-refractivity contribution is -0.137. The number of allylic oxidation sites excluding steroid dienone is 1. The second kappa shape index (κ2) is 5.32. The predicted octanol–water partition coefficient (Wildman–Crippen LogP) is 3.85. The molecule has 24 heavy (non-hydrogen) atoms. The van der Waals surface area contributed by atoms with Gasteiger partial charge in [-0.3, -0.25) is 4.99 Å². The summed E-state index contributed by atoms with van der Waals surface area (Å²) in [7, 11) is 0. The lowest BCUT2D eigenvalue weighted by atomic mass is 9.91. The SMILES string of the molecule is CC1=CC(C)(C)Nc2cc3sc(C4=N[C@@H](C(=O)O)CS4)nc3cc21. The zero-order chi connectivity index (χ0) is 17.1. The molecule has 0 spiro atoms. The number of anilines is 1. The van der Waals surface area contributed by atoms with Crippen LogP contribution in [0.15, 0.2) is 23.2 Å². The maximum atomic E-state index is 11.1. The van der Waals surface area contributed by atoms with Crippen molar-refractivity contribution in [3.63, 3.8) is 0 Å². The number of carbonyl (C=O) groups is 1. The van der Waals surface area contributed by atoms with Gasteiger partial charge in [-0.15, -0.1) is 23.1 Å². The van der Waals surface area contributed by atoms with Crippen LogP contribution in [0.4, 0.5) is 5.69 Å². The number of aliphatic carboxylic acids is 1. The van der Waals surface area contributed by atoms with E-state index in [9.17, 15) is 4.79 Å².